The highest BCUT2D eigenvalue weighted by molar-refractivity contribution is 5.33. The fourth-order valence-electron chi connectivity index (χ4n) is 1.66. The van der Waals surface area contributed by atoms with Crippen molar-refractivity contribution in [1.82, 2.24) is 9.55 Å². The Hall–Kier alpha value is -0.990. The van der Waals surface area contributed by atoms with Crippen LogP contribution in [-0.4, -0.2) is 21.6 Å². The van der Waals surface area contributed by atoms with Gasteiger partial charge in [0, 0.05) is 31.5 Å². The van der Waals surface area contributed by atoms with Crippen molar-refractivity contribution in [3.8, 4) is 0 Å². The molecule has 0 fully saturated rings. The van der Waals surface area contributed by atoms with Crippen LogP contribution in [0.15, 0.2) is 12.4 Å². The summed E-state index contributed by atoms with van der Waals surface area (Å²) in [6.45, 7) is 8.76. The Labute approximate surface area is 80.4 Å². The van der Waals surface area contributed by atoms with E-state index >= 15 is 0 Å². The van der Waals surface area contributed by atoms with Crippen LogP contribution in [0.2, 0.25) is 0 Å². The molecule has 0 N–H and O–H groups in total. The standard InChI is InChI=1S/C10H19N3/c1-8(2)13(9(3)4)10-11-6-7-12(10)5/h6-9H,1-5H3. The Balaban J connectivity index is 2.95. The summed E-state index contributed by atoms with van der Waals surface area (Å²) >= 11 is 0. The lowest BCUT2D eigenvalue weighted by Gasteiger charge is -2.31. The van der Waals surface area contributed by atoms with Crippen LogP contribution in [0.25, 0.3) is 0 Å². The van der Waals surface area contributed by atoms with Crippen LogP contribution in [0.3, 0.4) is 0 Å². The molecule has 3 heteroatoms. The first-order chi connectivity index (χ1) is 6.04. The largest absolute Gasteiger partial charge is 0.337 e. The van der Waals surface area contributed by atoms with Gasteiger partial charge in [-0.2, -0.15) is 0 Å². The SMILES string of the molecule is CC(C)N(c1nccn1C)C(C)C. The van der Waals surface area contributed by atoms with E-state index in [2.05, 4.69) is 42.1 Å². The fourth-order valence-corrected chi connectivity index (χ4v) is 1.66. The van der Waals surface area contributed by atoms with Crippen LogP contribution >= 0.6 is 0 Å². The highest BCUT2D eigenvalue weighted by atomic mass is 15.3. The van der Waals surface area contributed by atoms with Gasteiger partial charge >= 0.3 is 0 Å². The second kappa shape index (κ2) is 3.81. The molecule has 0 aliphatic rings. The van der Waals surface area contributed by atoms with Gasteiger partial charge in [-0.15, -0.1) is 0 Å². The number of aromatic nitrogens is 2. The van der Waals surface area contributed by atoms with Crippen molar-refractivity contribution in [1.29, 1.82) is 0 Å². The maximum Gasteiger partial charge on any atom is 0.205 e. The van der Waals surface area contributed by atoms with Crippen molar-refractivity contribution in [2.75, 3.05) is 4.90 Å². The van der Waals surface area contributed by atoms with Crippen molar-refractivity contribution in [2.45, 2.75) is 39.8 Å². The highest BCUT2D eigenvalue weighted by Gasteiger charge is 2.17. The van der Waals surface area contributed by atoms with E-state index in [-0.39, 0.29) is 0 Å². The average molecular weight is 181 g/mol. The van der Waals surface area contributed by atoms with Crippen molar-refractivity contribution in [3.63, 3.8) is 0 Å². The monoisotopic (exact) mass is 181 g/mol. The third kappa shape index (κ3) is 2.02. The number of rotatable bonds is 3. The first kappa shape index (κ1) is 10.1. The van der Waals surface area contributed by atoms with Gasteiger partial charge in [-0.25, -0.2) is 4.98 Å². The summed E-state index contributed by atoms with van der Waals surface area (Å²) in [5.41, 5.74) is 0. The van der Waals surface area contributed by atoms with Gasteiger partial charge in [0.05, 0.1) is 0 Å². The van der Waals surface area contributed by atoms with Gasteiger partial charge in [0.25, 0.3) is 0 Å². The molecule has 3 nitrogen and oxygen atoms in total. The van der Waals surface area contributed by atoms with Crippen LogP contribution < -0.4 is 4.90 Å². The third-order valence-electron chi connectivity index (χ3n) is 2.14. The second-order valence-electron chi connectivity index (χ2n) is 3.93. The zero-order valence-electron chi connectivity index (χ0n) is 9.15. The molecule has 74 valence electrons. The highest BCUT2D eigenvalue weighted by Crippen LogP contribution is 2.16. The molecule has 0 radical (unpaired) electrons. The van der Waals surface area contributed by atoms with Crippen molar-refractivity contribution < 1.29 is 0 Å². The minimum absolute atomic E-state index is 0.487. The van der Waals surface area contributed by atoms with Gasteiger partial charge in [0.2, 0.25) is 5.95 Å². The van der Waals surface area contributed by atoms with E-state index < -0.39 is 0 Å². The van der Waals surface area contributed by atoms with E-state index in [9.17, 15) is 0 Å². The second-order valence-corrected chi connectivity index (χ2v) is 3.93. The Morgan fingerprint density at radius 2 is 1.77 bits per heavy atom. The van der Waals surface area contributed by atoms with Gasteiger partial charge in [0.1, 0.15) is 0 Å². The van der Waals surface area contributed by atoms with Crippen LogP contribution in [0.5, 0.6) is 0 Å². The smallest absolute Gasteiger partial charge is 0.205 e. The molecule has 0 bridgehead atoms. The molecule has 0 aliphatic carbocycles. The van der Waals surface area contributed by atoms with Gasteiger partial charge < -0.3 is 9.47 Å². The van der Waals surface area contributed by atoms with Gasteiger partial charge in [-0.1, -0.05) is 0 Å². The Bertz CT molecular complexity index is 255. The van der Waals surface area contributed by atoms with Gasteiger partial charge in [-0.3, -0.25) is 0 Å². The van der Waals surface area contributed by atoms with Crippen molar-refractivity contribution in [3.05, 3.63) is 12.4 Å². The summed E-state index contributed by atoms with van der Waals surface area (Å²) < 4.78 is 2.06. The van der Waals surface area contributed by atoms with Crippen LogP contribution in [-0.2, 0) is 7.05 Å². The summed E-state index contributed by atoms with van der Waals surface area (Å²) in [7, 11) is 2.03. The molecular weight excluding hydrogens is 162 g/mol. The van der Waals surface area contributed by atoms with Crippen LogP contribution in [0, 0.1) is 0 Å². The van der Waals surface area contributed by atoms with E-state index in [0.717, 1.165) is 5.95 Å². The minimum Gasteiger partial charge on any atom is -0.337 e. The number of aryl methyl sites for hydroxylation is 1. The lowest BCUT2D eigenvalue weighted by Crippen LogP contribution is -2.38. The normalized spacial score (nSPS) is 11.3. The molecule has 1 rings (SSSR count). The lowest BCUT2D eigenvalue weighted by molar-refractivity contribution is 0.581. The topological polar surface area (TPSA) is 21.1 Å². The Kier molecular flexibility index (Phi) is 2.96. The molecule has 0 saturated heterocycles. The average Bonchev–Trinajstić information content (AvgIpc) is 2.35. The molecule has 0 aliphatic heterocycles. The number of anilines is 1. The van der Waals surface area contributed by atoms with Crippen LogP contribution in [0.4, 0.5) is 5.95 Å². The number of hydrogen-bond donors (Lipinski definition) is 0. The maximum absolute atomic E-state index is 4.35. The summed E-state index contributed by atoms with van der Waals surface area (Å²) in [6, 6.07) is 0.974. The zero-order chi connectivity index (χ0) is 10.0. The van der Waals surface area contributed by atoms with E-state index in [0.29, 0.717) is 12.1 Å². The quantitative estimate of drug-likeness (QED) is 0.711. The number of nitrogens with zero attached hydrogens (tertiary/aromatic N) is 3. The maximum atomic E-state index is 4.35. The molecule has 0 amide bonds. The molecule has 0 unspecified atom stereocenters. The molecule has 1 aromatic heterocycles. The molecule has 0 saturated carbocycles. The summed E-state index contributed by atoms with van der Waals surface area (Å²) in [5.74, 6) is 1.05. The van der Waals surface area contributed by atoms with Gasteiger partial charge in [-0.05, 0) is 27.7 Å². The molecule has 1 aromatic rings. The van der Waals surface area contributed by atoms with Gasteiger partial charge in [0.15, 0.2) is 0 Å². The zero-order valence-corrected chi connectivity index (χ0v) is 9.15. The summed E-state index contributed by atoms with van der Waals surface area (Å²) in [4.78, 5) is 6.65. The lowest BCUT2D eigenvalue weighted by atomic mass is 10.2. The first-order valence-electron chi connectivity index (χ1n) is 4.79. The molecule has 0 aromatic carbocycles. The number of hydrogen-bond acceptors (Lipinski definition) is 2. The first-order valence-corrected chi connectivity index (χ1v) is 4.79. The minimum atomic E-state index is 0.487. The van der Waals surface area contributed by atoms with E-state index in [1.165, 1.54) is 0 Å². The fraction of sp³-hybridized carbons (Fsp3) is 0.700. The van der Waals surface area contributed by atoms with Crippen LogP contribution in [0.1, 0.15) is 27.7 Å². The van der Waals surface area contributed by atoms with E-state index in [1.807, 2.05) is 19.4 Å². The predicted octanol–water partition coefficient (Wildman–Crippen LogP) is 2.04. The molecule has 0 atom stereocenters. The number of imidazole rings is 1. The molecule has 13 heavy (non-hydrogen) atoms. The molecule has 0 spiro atoms. The molecule has 1 heterocycles. The van der Waals surface area contributed by atoms with E-state index in [4.69, 9.17) is 0 Å². The summed E-state index contributed by atoms with van der Waals surface area (Å²) in [6.07, 6.45) is 3.82. The van der Waals surface area contributed by atoms with Crippen molar-refractivity contribution in [2.24, 2.45) is 7.05 Å². The van der Waals surface area contributed by atoms with E-state index in [1.54, 1.807) is 0 Å². The Morgan fingerprint density at radius 3 is 2.08 bits per heavy atom. The molecular formula is C10H19N3. The predicted molar refractivity (Wildman–Crippen MR) is 56.0 cm³/mol. The third-order valence-corrected chi connectivity index (χ3v) is 2.14. The summed E-state index contributed by atoms with van der Waals surface area (Å²) in [5, 5.41) is 0. The Morgan fingerprint density at radius 1 is 1.23 bits per heavy atom. The van der Waals surface area contributed by atoms with Crippen molar-refractivity contribution >= 4 is 5.95 Å².